The molecule has 1 aliphatic heterocycles. The molecule has 19 heavy (non-hydrogen) atoms. The molecule has 106 valence electrons. The van der Waals surface area contributed by atoms with Crippen LogP contribution in [0.5, 0.6) is 0 Å². The zero-order valence-corrected chi connectivity index (χ0v) is 12.7. The first kappa shape index (κ1) is 14.9. The van der Waals surface area contributed by atoms with Gasteiger partial charge in [-0.2, -0.15) is 0 Å². The minimum absolute atomic E-state index is 0.0655. The largest absolute Gasteiger partial charge is 0.229 e. The van der Waals surface area contributed by atoms with E-state index in [9.17, 15) is 17.2 Å². The van der Waals surface area contributed by atoms with Gasteiger partial charge in [-0.25, -0.2) is 17.2 Å². The Morgan fingerprint density at radius 2 is 1.89 bits per heavy atom. The van der Waals surface area contributed by atoms with E-state index in [2.05, 4.69) is 15.9 Å². The van der Waals surface area contributed by atoms with E-state index in [1.807, 2.05) is 0 Å². The van der Waals surface area contributed by atoms with Crippen LogP contribution in [-0.2, 0) is 16.3 Å². The molecule has 2 nitrogen and oxygen atoms in total. The Kier molecular flexibility index (Phi) is 4.61. The topological polar surface area (TPSA) is 34.1 Å². The number of halogens is 3. The first-order valence-corrected chi connectivity index (χ1v) is 9.05. The van der Waals surface area contributed by atoms with Gasteiger partial charge >= 0.3 is 0 Å². The van der Waals surface area contributed by atoms with Crippen LogP contribution in [0.2, 0.25) is 0 Å². The van der Waals surface area contributed by atoms with Crippen LogP contribution in [0.3, 0.4) is 0 Å². The molecule has 2 rings (SSSR count). The molecule has 1 aliphatic rings. The molecule has 0 aliphatic carbocycles. The van der Waals surface area contributed by atoms with E-state index in [1.54, 1.807) is 0 Å². The van der Waals surface area contributed by atoms with Gasteiger partial charge in [0.25, 0.3) is 0 Å². The van der Waals surface area contributed by atoms with E-state index >= 15 is 0 Å². The summed E-state index contributed by atoms with van der Waals surface area (Å²) in [4.78, 5) is 0. The lowest BCUT2D eigenvalue weighted by Gasteiger charge is -2.20. The van der Waals surface area contributed by atoms with Gasteiger partial charge in [-0.15, -0.1) is 0 Å². The van der Waals surface area contributed by atoms with Crippen LogP contribution in [0.1, 0.15) is 12.0 Å². The van der Waals surface area contributed by atoms with E-state index < -0.39 is 21.5 Å². The van der Waals surface area contributed by atoms with E-state index in [-0.39, 0.29) is 23.3 Å². The molecule has 1 heterocycles. The van der Waals surface area contributed by atoms with Crippen molar-refractivity contribution in [2.45, 2.75) is 12.8 Å². The number of rotatable bonds is 4. The van der Waals surface area contributed by atoms with Crippen molar-refractivity contribution in [3.63, 3.8) is 0 Å². The SMILES string of the molecule is O=S1(=O)CCC(C(CBr)Cc2cc(F)cc(F)c2)C1. The van der Waals surface area contributed by atoms with Gasteiger partial charge in [0.15, 0.2) is 9.84 Å². The Hall–Kier alpha value is -0.490. The van der Waals surface area contributed by atoms with Gasteiger partial charge in [0, 0.05) is 11.4 Å². The molecule has 0 aromatic heterocycles. The van der Waals surface area contributed by atoms with Crippen molar-refractivity contribution in [3.05, 3.63) is 35.4 Å². The molecule has 0 amide bonds. The van der Waals surface area contributed by atoms with Crippen molar-refractivity contribution in [2.75, 3.05) is 16.8 Å². The van der Waals surface area contributed by atoms with Crippen molar-refractivity contribution >= 4 is 25.8 Å². The number of sulfone groups is 1. The van der Waals surface area contributed by atoms with Gasteiger partial charge in [0.1, 0.15) is 11.6 Å². The van der Waals surface area contributed by atoms with Gasteiger partial charge in [0.2, 0.25) is 0 Å². The van der Waals surface area contributed by atoms with E-state index in [4.69, 9.17) is 0 Å². The maximum absolute atomic E-state index is 13.1. The van der Waals surface area contributed by atoms with E-state index in [0.29, 0.717) is 23.7 Å². The monoisotopic (exact) mass is 352 g/mol. The van der Waals surface area contributed by atoms with Crippen molar-refractivity contribution in [1.82, 2.24) is 0 Å². The summed E-state index contributed by atoms with van der Waals surface area (Å²) in [6.07, 6.45) is 1.12. The molecule has 1 saturated heterocycles. The summed E-state index contributed by atoms with van der Waals surface area (Å²) in [6, 6.07) is 3.46. The third kappa shape index (κ3) is 3.99. The second kappa shape index (κ2) is 5.87. The summed E-state index contributed by atoms with van der Waals surface area (Å²) in [5.74, 6) is -0.640. The second-order valence-electron chi connectivity index (χ2n) is 5.06. The van der Waals surface area contributed by atoms with Crippen LogP contribution >= 0.6 is 15.9 Å². The van der Waals surface area contributed by atoms with Crippen LogP contribution in [-0.4, -0.2) is 25.3 Å². The highest BCUT2D eigenvalue weighted by molar-refractivity contribution is 9.09. The fourth-order valence-corrected chi connectivity index (χ4v) is 5.25. The molecule has 2 atom stereocenters. The van der Waals surface area contributed by atoms with Crippen LogP contribution in [0.4, 0.5) is 8.78 Å². The summed E-state index contributed by atoms with van der Waals surface area (Å²) >= 11 is 3.38. The average Bonchev–Trinajstić information content (AvgIpc) is 2.65. The van der Waals surface area contributed by atoms with Crippen LogP contribution < -0.4 is 0 Å². The Morgan fingerprint density at radius 1 is 1.26 bits per heavy atom. The molecule has 6 heteroatoms. The van der Waals surface area contributed by atoms with Crippen molar-refractivity contribution < 1.29 is 17.2 Å². The second-order valence-corrected chi connectivity index (χ2v) is 7.94. The summed E-state index contributed by atoms with van der Waals surface area (Å²) in [5.41, 5.74) is 0.575. The number of alkyl halides is 1. The lowest BCUT2D eigenvalue weighted by Crippen LogP contribution is -2.20. The predicted octanol–water partition coefficient (Wildman–Crippen LogP) is 2.95. The maximum atomic E-state index is 13.1. The molecular formula is C13H15BrF2O2S. The number of benzene rings is 1. The molecule has 0 radical (unpaired) electrons. The molecule has 1 aromatic carbocycles. The smallest absolute Gasteiger partial charge is 0.150 e. The molecule has 1 aromatic rings. The molecule has 0 saturated carbocycles. The van der Waals surface area contributed by atoms with Gasteiger partial charge in [0.05, 0.1) is 11.5 Å². The maximum Gasteiger partial charge on any atom is 0.150 e. The predicted molar refractivity (Wildman–Crippen MR) is 74.1 cm³/mol. The van der Waals surface area contributed by atoms with Gasteiger partial charge in [-0.3, -0.25) is 0 Å². The summed E-state index contributed by atoms with van der Waals surface area (Å²) in [5, 5.41) is 0.630. The van der Waals surface area contributed by atoms with Crippen LogP contribution in [0.25, 0.3) is 0 Å². The van der Waals surface area contributed by atoms with Crippen molar-refractivity contribution in [3.8, 4) is 0 Å². The molecule has 1 fully saturated rings. The summed E-state index contributed by atoms with van der Waals surface area (Å²) in [7, 11) is -2.93. The average molecular weight is 353 g/mol. The van der Waals surface area contributed by atoms with Gasteiger partial charge in [-0.05, 0) is 42.4 Å². The van der Waals surface area contributed by atoms with Gasteiger partial charge < -0.3 is 0 Å². The molecular weight excluding hydrogens is 338 g/mol. The Labute approximate surface area is 120 Å². The third-order valence-corrected chi connectivity index (χ3v) is 6.18. The van der Waals surface area contributed by atoms with Crippen LogP contribution in [0, 0.1) is 23.5 Å². The first-order chi connectivity index (χ1) is 8.89. The van der Waals surface area contributed by atoms with E-state index in [0.717, 1.165) is 6.07 Å². The van der Waals surface area contributed by atoms with Crippen molar-refractivity contribution in [2.24, 2.45) is 11.8 Å². The Morgan fingerprint density at radius 3 is 2.37 bits per heavy atom. The molecule has 0 N–H and O–H groups in total. The van der Waals surface area contributed by atoms with E-state index in [1.165, 1.54) is 12.1 Å². The summed E-state index contributed by atoms with van der Waals surface area (Å²) < 4.78 is 49.2. The van der Waals surface area contributed by atoms with Crippen molar-refractivity contribution in [1.29, 1.82) is 0 Å². The highest BCUT2D eigenvalue weighted by atomic mass is 79.9. The number of hydrogen-bond acceptors (Lipinski definition) is 2. The highest BCUT2D eigenvalue weighted by Gasteiger charge is 2.33. The Bertz CT molecular complexity index is 540. The van der Waals surface area contributed by atoms with Crippen LogP contribution in [0.15, 0.2) is 18.2 Å². The fourth-order valence-electron chi connectivity index (χ4n) is 2.57. The summed E-state index contributed by atoms with van der Waals surface area (Å²) in [6.45, 7) is 0. The molecule has 0 bridgehead atoms. The van der Waals surface area contributed by atoms with Gasteiger partial charge in [-0.1, -0.05) is 15.9 Å². The lowest BCUT2D eigenvalue weighted by molar-refractivity contribution is 0.400. The molecule has 0 spiro atoms. The zero-order valence-electron chi connectivity index (χ0n) is 10.3. The minimum Gasteiger partial charge on any atom is -0.229 e. The highest BCUT2D eigenvalue weighted by Crippen LogP contribution is 2.30. The minimum atomic E-state index is -2.93. The quantitative estimate of drug-likeness (QED) is 0.780. The Balaban J connectivity index is 2.11. The first-order valence-electron chi connectivity index (χ1n) is 6.11. The fraction of sp³-hybridized carbons (Fsp3) is 0.538. The molecule has 2 unspecified atom stereocenters. The number of hydrogen-bond donors (Lipinski definition) is 0. The standard InChI is InChI=1S/C13H15BrF2O2S/c14-7-11(10-1-2-19(17,18)8-10)3-9-4-12(15)6-13(16)5-9/h4-6,10-11H,1-3,7-8H2. The normalized spacial score (nSPS) is 23.4. The lowest BCUT2D eigenvalue weighted by atomic mass is 9.88. The zero-order chi connectivity index (χ0) is 14.0. The third-order valence-electron chi connectivity index (χ3n) is 3.55.